The highest BCUT2D eigenvalue weighted by atomic mass is 35.5. The smallest absolute Gasteiger partial charge is 0.256 e. The number of rotatable bonds is 9. The van der Waals surface area contributed by atoms with Crippen LogP contribution in [-0.4, -0.2) is 72.8 Å². The molecule has 1 fully saturated rings. The molecule has 4 aromatic carbocycles. The minimum atomic E-state index is -0.727. The van der Waals surface area contributed by atoms with Crippen LogP contribution in [0.4, 0.5) is 5.69 Å². The van der Waals surface area contributed by atoms with Crippen molar-refractivity contribution in [2.24, 2.45) is 0 Å². The number of halogens is 1. The second kappa shape index (κ2) is 14.8. The Morgan fingerprint density at radius 1 is 0.830 bits per heavy atom. The monoisotopic (exact) mass is 649 g/mol. The molecule has 1 saturated heterocycles. The van der Waals surface area contributed by atoms with E-state index in [1.165, 1.54) is 5.56 Å². The van der Waals surface area contributed by atoms with Crippen molar-refractivity contribution in [1.82, 2.24) is 20.4 Å². The number of nitrogens with one attached hydrogen (secondary N) is 2. The van der Waals surface area contributed by atoms with E-state index in [2.05, 4.69) is 27.7 Å². The molecule has 0 bridgehead atoms. The number of amides is 3. The topological polar surface area (TPSA) is 85.0 Å². The Balaban J connectivity index is 1.13. The summed E-state index contributed by atoms with van der Waals surface area (Å²) < 4.78 is 0. The van der Waals surface area contributed by atoms with Crippen molar-refractivity contribution in [3.8, 4) is 0 Å². The molecule has 0 aliphatic carbocycles. The number of anilines is 1. The summed E-state index contributed by atoms with van der Waals surface area (Å²) in [4.78, 5) is 46.9. The second-order valence-electron chi connectivity index (χ2n) is 12.3. The van der Waals surface area contributed by atoms with E-state index in [4.69, 9.17) is 11.6 Å². The van der Waals surface area contributed by atoms with E-state index in [0.29, 0.717) is 62.7 Å². The molecule has 2 atom stereocenters. The van der Waals surface area contributed by atoms with Crippen LogP contribution < -0.4 is 15.5 Å². The van der Waals surface area contributed by atoms with Crippen LogP contribution in [0.1, 0.15) is 32.6 Å². The lowest BCUT2D eigenvalue weighted by Crippen LogP contribution is -2.58. The highest BCUT2D eigenvalue weighted by Gasteiger charge is 2.33. The molecule has 2 aliphatic rings. The summed E-state index contributed by atoms with van der Waals surface area (Å²) in [6.07, 6.45) is 0.928. The van der Waals surface area contributed by atoms with E-state index in [-0.39, 0.29) is 17.7 Å². The average Bonchev–Trinajstić information content (AvgIpc) is 3.12. The van der Waals surface area contributed by atoms with Gasteiger partial charge in [-0.15, -0.1) is 0 Å². The zero-order valence-corrected chi connectivity index (χ0v) is 27.3. The van der Waals surface area contributed by atoms with Gasteiger partial charge in [-0.2, -0.15) is 0 Å². The number of hydrogen-bond donors (Lipinski definition) is 2. The van der Waals surface area contributed by atoms with Crippen LogP contribution >= 0.6 is 11.6 Å². The van der Waals surface area contributed by atoms with Crippen LogP contribution in [0.3, 0.4) is 0 Å². The molecule has 2 unspecified atom stereocenters. The third-order valence-electron chi connectivity index (χ3n) is 9.04. The molecule has 2 aliphatic heterocycles. The first-order chi connectivity index (χ1) is 22.9. The highest BCUT2D eigenvalue weighted by Crippen LogP contribution is 2.25. The van der Waals surface area contributed by atoms with Gasteiger partial charge in [0.05, 0.1) is 11.6 Å². The van der Waals surface area contributed by atoms with Crippen LogP contribution in [0.25, 0.3) is 0 Å². The molecule has 0 saturated carbocycles. The zero-order chi connectivity index (χ0) is 32.8. The standard InChI is InChI=1S/C38H40ClN5O3/c1-42(26-28-9-3-2-4-10-28)37(46)32-13-7-8-14-35(32)43-19-21-44(22-20-43)38(47)34(23-27-15-17-31(39)18-16-27)41-36(45)33-24-29-11-5-6-12-30(29)25-40-33/h2-18,33-34,40H,19-26H2,1H3,(H,41,45). The van der Waals surface area contributed by atoms with Gasteiger partial charge in [-0.05, 0) is 52.9 Å². The Hall–Kier alpha value is -4.66. The van der Waals surface area contributed by atoms with E-state index in [1.54, 1.807) is 17.0 Å². The van der Waals surface area contributed by atoms with Gasteiger partial charge in [0.25, 0.3) is 5.91 Å². The first-order valence-corrected chi connectivity index (χ1v) is 16.5. The fourth-order valence-corrected chi connectivity index (χ4v) is 6.55. The number of nitrogens with zero attached hydrogens (tertiary/aromatic N) is 3. The van der Waals surface area contributed by atoms with Gasteiger partial charge in [0.2, 0.25) is 11.8 Å². The lowest BCUT2D eigenvalue weighted by atomic mass is 9.95. The summed E-state index contributed by atoms with van der Waals surface area (Å²) in [7, 11) is 1.82. The molecule has 0 radical (unpaired) electrons. The molecule has 242 valence electrons. The van der Waals surface area contributed by atoms with Crippen LogP contribution in [0.15, 0.2) is 103 Å². The van der Waals surface area contributed by atoms with Crippen LogP contribution in [0.2, 0.25) is 5.02 Å². The average molecular weight is 650 g/mol. The Kier molecular flexibility index (Phi) is 10.2. The number of para-hydroxylation sites is 1. The number of piperazine rings is 1. The summed E-state index contributed by atoms with van der Waals surface area (Å²) >= 11 is 6.13. The summed E-state index contributed by atoms with van der Waals surface area (Å²) in [5.41, 5.74) is 5.82. The predicted octanol–water partition coefficient (Wildman–Crippen LogP) is 4.70. The summed E-state index contributed by atoms with van der Waals surface area (Å²) in [5, 5.41) is 7.04. The van der Waals surface area contributed by atoms with Crippen molar-refractivity contribution < 1.29 is 14.4 Å². The van der Waals surface area contributed by atoms with Crippen molar-refractivity contribution in [3.63, 3.8) is 0 Å². The summed E-state index contributed by atoms with van der Waals surface area (Å²) in [5.74, 6) is -0.346. The SMILES string of the molecule is CN(Cc1ccccc1)C(=O)c1ccccc1N1CCN(C(=O)C(Cc2ccc(Cl)cc2)NC(=O)C2Cc3ccccc3CN2)CC1. The largest absolute Gasteiger partial charge is 0.367 e. The van der Waals surface area contributed by atoms with Crippen molar-refractivity contribution in [2.45, 2.75) is 38.0 Å². The van der Waals surface area contributed by atoms with Crippen LogP contribution in [0.5, 0.6) is 0 Å². The number of carbonyl (C=O) groups excluding carboxylic acids is 3. The minimum Gasteiger partial charge on any atom is -0.367 e. The fourth-order valence-electron chi connectivity index (χ4n) is 6.42. The molecule has 8 nitrogen and oxygen atoms in total. The predicted molar refractivity (Wildman–Crippen MR) is 185 cm³/mol. The Labute approximate surface area is 281 Å². The minimum absolute atomic E-state index is 0.0485. The lowest BCUT2D eigenvalue weighted by molar-refractivity contribution is -0.137. The normalized spacial score (nSPS) is 16.6. The van der Waals surface area contributed by atoms with E-state index in [1.807, 2.05) is 90.8 Å². The molecule has 4 aromatic rings. The number of carbonyl (C=O) groups is 3. The van der Waals surface area contributed by atoms with Gasteiger partial charge < -0.3 is 25.3 Å². The number of hydrogen-bond acceptors (Lipinski definition) is 5. The van der Waals surface area contributed by atoms with Crippen LogP contribution in [-0.2, 0) is 35.5 Å². The van der Waals surface area contributed by atoms with Gasteiger partial charge in [-0.25, -0.2) is 0 Å². The van der Waals surface area contributed by atoms with Gasteiger partial charge in [-0.1, -0.05) is 90.5 Å². The van der Waals surface area contributed by atoms with Crippen molar-refractivity contribution in [3.05, 3.63) is 136 Å². The molecule has 2 heterocycles. The molecule has 47 heavy (non-hydrogen) atoms. The molecule has 9 heteroatoms. The van der Waals surface area contributed by atoms with Gasteiger partial charge >= 0.3 is 0 Å². The van der Waals surface area contributed by atoms with Crippen molar-refractivity contribution in [2.75, 3.05) is 38.1 Å². The molecule has 0 spiro atoms. The summed E-state index contributed by atoms with van der Waals surface area (Å²) in [6, 6.07) is 32.0. The maximum atomic E-state index is 14.1. The molecular weight excluding hydrogens is 610 g/mol. The van der Waals surface area contributed by atoms with Gasteiger partial charge in [-0.3, -0.25) is 14.4 Å². The maximum Gasteiger partial charge on any atom is 0.256 e. The van der Waals surface area contributed by atoms with E-state index in [9.17, 15) is 14.4 Å². The van der Waals surface area contributed by atoms with Crippen LogP contribution in [0, 0.1) is 0 Å². The summed E-state index contributed by atoms with van der Waals surface area (Å²) in [6.45, 7) is 3.21. The van der Waals surface area contributed by atoms with E-state index in [0.717, 1.165) is 22.4 Å². The molecule has 0 aromatic heterocycles. The van der Waals surface area contributed by atoms with E-state index >= 15 is 0 Å². The Bertz CT molecular complexity index is 1710. The van der Waals surface area contributed by atoms with E-state index < -0.39 is 12.1 Å². The second-order valence-corrected chi connectivity index (χ2v) is 12.7. The molecular formula is C38H40ClN5O3. The Morgan fingerprint density at radius 3 is 2.23 bits per heavy atom. The van der Waals surface area contributed by atoms with Gasteiger partial charge in [0, 0.05) is 63.4 Å². The Morgan fingerprint density at radius 2 is 1.49 bits per heavy atom. The maximum absolute atomic E-state index is 14.1. The van der Waals surface area contributed by atoms with Gasteiger partial charge in [0.1, 0.15) is 6.04 Å². The first-order valence-electron chi connectivity index (χ1n) is 16.1. The third-order valence-corrected chi connectivity index (χ3v) is 9.29. The molecule has 6 rings (SSSR count). The fraction of sp³-hybridized carbons (Fsp3) is 0.289. The van der Waals surface area contributed by atoms with Gasteiger partial charge in [0.15, 0.2) is 0 Å². The molecule has 2 N–H and O–H groups in total. The van der Waals surface area contributed by atoms with Crippen molar-refractivity contribution in [1.29, 1.82) is 0 Å². The lowest BCUT2D eigenvalue weighted by Gasteiger charge is -2.38. The first kappa shape index (κ1) is 32.3. The zero-order valence-electron chi connectivity index (χ0n) is 26.6. The third kappa shape index (κ3) is 7.84. The quantitative estimate of drug-likeness (QED) is 0.275. The number of fused-ring (bicyclic) bond motifs is 1. The highest BCUT2D eigenvalue weighted by molar-refractivity contribution is 6.30. The number of benzene rings is 4. The molecule has 3 amide bonds. The van der Waals surface area contributed by atoms with Crippen molar-refractivity contribution >= 4 is 35.0 Å².